The average molecular weight is 324 g/mol. The van der Waals surface area contributed by atoms with Gasteiger partial charge in [-0.05, 0) is 31.0 Å². The summed E-state index contributed by atoms with van der Waals surface area (Å²) in [6.07, 6.45) is 2.62. The van der Waals surface area contributed by atoms with Crippen LogP contribution in [-0.4, -0.2) is 33.8 Å². The molecule has 1 aromatic carbocycles. The van der Waals surface area contributed by atoms with E-state index in [0.717, 1.165) is 30.6 Å². The molecule has 2 atom stereocenters. The Kier molecular flexibility index (Phi) is 4.30. The summed E-state index contributed by atoms with van der Waals surface area (Å²) in [4.78, 5) is 13.7. The van der Waals surface area contributed by atoms with E-state index in [2.05, 4.69) is 22.5 Å². The number of halogens is 1. The van der Waals surface area contributed by atoms with Gasteiger partial charge in [0.15, 0.2) is 0 Å². The molecule has 4 heteroatoms. The molecule has 3 nitrogen and oxygen atoms in total. The molecule has 1 aliphatic rings. The summed E-state index contributed by atoms with van der Waals surface area (Å²) in [5, 5.41) is 9.65. The number of phenolic OH excluding ortho intramolecular Hbond substituents is 1. The Bertz CT molecular complexity index is 499. The summed E-state index contributed by atoms with van der Waals surface area (Å²) in [6.45, 7) is 7.09. The van der Waals surface area contributed by atoms with Crippen LogP contribution in [-0.2, 0) is 4.79 Å². The number of aromatic hydroxyl groups is 1. The molecular formula is C15H18BrNO2. The molecule has 1 amide bonds. The van der Waals surface area contributed by atoms with Crippen molar-refractivity contribution in [2.45, 2.75) is 24.1 Å². The Hall–Kier alpha value is -1.29. The van der Waals surface area contributed by atoms with Crippen molar-refractivity contribution in [1.29, 1.82) is 0 Å². The fraction of sp³-hybridized carbons (Fsp3) is 0.400. The molecule has 0 saturated carbocycles. The predicted octanol–water partition coefficient (Wildman–Crippen LogP) is 3.13. The van der Waals surface area contributed by atoms with E-state index >= 15 is 0 Å². The molecule has 0 aliphatic carbocycles. The highest BCUT2D eigenvalue weighted by Crippen LogP contribution is 2.31. The molecule has 1 heterocycles. The van der Waals surface area contributed by atoms with Crippen LogP contribution >= 0.6 is 15.9 Å². The van der Waals surface area contributed by atoms with Crippen LogP contribution < -0.4 is 0 Å². The summed E-state index contributed by atoms with van der Waals surface area (Å²) in [7, 11) is 0. The van der Waals surface area contributed by atoms with Crippen molar-refractivity contribution in [2.75, 3.05) is 13.1 Å². The molecule has 2 unspecified atom stereocenters. The van der Waals surface area contributed by atoms with Gasteiger partial charge in [0.2, 0.25) is 5.91 Å². The Balaban J connectivity index is 2.13. The lowest BCUT2D eigenvalue weighted by molar-refractivity contribution is -0.129. The zero-order valence-corrected chi connectivity index (χ0v) is 12.6. The van der Waals surface area contributed by atoms with Crippen LogP contribution in [0.15, 0.2) is 24.8 Å². The molecule has 0 spiro atoms. The number of benzene rings is 1. The minimum Gasteiger partial charge on any atom is -0.507 e. The number of carbonyl (C=O) groups excluding carboxylic acids is 1. The Labute approximate surface area is 122 Å². The third kappa shape index (κ3) is 3.00. The molecule has 1 fully saturated rings. The molecule has 2 rings (SSSR count). The lowest BCUT2D eigenvalue weighted by atomic mass is 9.96. The van der Waals surface area contributed by atoms with E-state index in [0.29, 0.717) is 5.92 Å². The fourth-order valence-electron chi connectivity index (χ4n) is 2.47. The van der Waals surface area contributed by atoms with Crippen LogP contribution in [0.4, 0.5) is 0 Å². The third-order valence-electron chi connectivity index (χ3n) is 3.58. The number of hydrogen-bond donors (Lipinski definition) is 1. The van der Waals surface area contributed by atoms with E-state index in [1.807, 2.05) is 24.0 Å². The Morgan fingerprint density at radius 3 is 3.00 bits per heavy atom. The molecule has 1 aliphatic heterocycles. The second-order valence-electron chi connectivity index (χ2n) is 4.91. The maximum atomic E-state index is 11.9. The highest BCUT2D eigenvalue weighted by molar-refractivity contribution is 9.10. The number of likely N-dealkylation sites (tertiary alicyclic amines) is 1. The first-order chi connectivity index (χ1) is 9.02. The smallest absolute Gasteiger partial charge is 0.236 e. The number of nitrogens with zero attached hydrogens (tertiary/aromatic N) is 1. The van der Waals surface area contributed by atoms with E-state index in [1.165, 1.54) is 0 Å². The summed E-state index contributed by atoms with van der Waals surface area (Å²) >= 11 is 3.32. The zero-order chi connectivity index (χ0) is 14.0. The van der Waals surface area contributed by atoms with Crippen LogP contribution in [0.25, 0.3) is 6.08 Å². The minimum absolute atomic E-state index is 0.130. The second-order valence-corrected chi connectivity index (χ2v) is 6.28. The van der Waals surface area contributed by atoms with E-state index < -0.39 is 0 Å². The lowest BCUT2D eigenvalue weighted by Crippen LogP contribution is -2.33. The fourth-order valence-corrected chi connectivity index (χ4v) is 2.76. The molecule has 0 bridgehead atoms. The van der Waals surface area contributed by atoms with Gasteiger partial charge in [0.25, 0.3) is 0 Å². The normalized spacial score (nSPS) is 20.3. The number of carbonyl (C=O) groups is 1. The van der Waals surface area contributed by atoms with Gasteiger partial charge in [-0.2, -0.15) is 0 Å². The van der Waals surface area contributed by atoms with Gasteiger partial charge in [-0.25, -0.2) is 0 Å². The van der Waals surface area contributed by atoms with Crippen LogP contribution in [0.1, 0.15) is 30.4 Å². The average Bonchev–Trinajstić information content (AvgIpc) is 2.87. The van der Waals surface area contributed by atoms with Crippen molar-refractivity contribution < 1.29 is 9.90 Å². The number of amides is 1. The standard InChI is InChI=1S/C15H18BrNO2/c1-3-11-8-12(4-5-14(11)18)13-6-7-17(9-13)15(19)10(2)16/h3-5,8,10,13,18H,1,6-7,9H2,2H3. The predicted molar refractivity (Wildman–Crippen MR) is 80.5 cm³/mol. The van der Waals surface area contributed by atoms with Crippen LogP contribution in [0.2, 0.25) is 0 Å². The SMILES string of the molecule is C=Cc1cc(C2CCN(C(=O)C(C)Br)C2)ccc1O. The largest absolute Gasteiger partial charge is 0.507 e. The lowest BCUT2D eigenvalue weighted by Gasteiger charge is -2.18. The quantitative estimate of drug-likeness (QED) is 0.868. The molecule has 1 saturated heterocycles. The second kappa shape index (κ2) is 5.78. The molecule has 0 radical (unpaired) electrons. The molecule has 1 N–H and O–H groups in total. The van der Waals surface area contributed by atoms with Gasteiger partial charge in [0.05, 0.1) is 4.83 Å². The van der Waals surface area contributed by atoms with Crippen molar-refractivity contribution in [3.05, 3.63) is 35.9 Å². The number of alkyl halides is 1. The summed E-state index contributed by atoms with van der Waals surface area (Å²) in [6, 6.07) is 5.58. The summed E-state index contributed by atoms with van der Waals surface area (Å²) in [5.41, 5.74) is 1.90. The van der Waals surface area contributed by atoms with Gasteiger partial charge in [-0.1, -0.05) is 34.7 Å². The maximum absolute atomic E-state index is 11.9. The first kappa shape index (κ1) is 14.1. The van der Waals surface area contributed by atoms with E-state index in [1.54, 1.807) is 12.1 Å². The third-order valence-corrected chi connectivity index (χ3v) is 3.97. The minimum atomic E-state index is -0.130. The zero-order valence-electron chi connectivity index (χ0n) is 11.0. The topological polar surface area (TPSA) is 40.5 Å². The maximum Gasteiger partial charge on any atom is 0.236 e. The number of hydrogen-bond acceptors (Lipinski definition) is 2. The van der Waals surface area contributed by atoms with Gasteiger partial charge < -0.3 is 10.0 Å². The highest BCUT2D eigenvalue weighted by atomic mass is 79.9. The van der Waals surface area contributed by atoms with Crippen molar-refractivity contribution in [2.24, 2.45) is 0 Å². The molecule has 102 valence electrons. The van der Waals surface area contributed by atoms with Crippen LogP contribution in [0.5, 0.6) is 5.75 Å². The van der Waals surface area contributed by atoms with Crippen LogP contribution in [0, 0.1) is 0 Å². The van der Waals surface area contributed by atoms with Crippen molar-refractivity contribution in [1.82, 2.24) is 4.90 Å². The van der Waals surface area contributed by atoms with Gasteiger partial charge in [0, 0.05) is 24.6 Å². The van der Waals surface area contributed by atoms with Gasteiger partial charge >= 0.3 is 0 Å². The highest BCUT2D eigenvalue weighted by Gasteiger charge is 2.29. The van der Waals surface area contributed by atoms with Crippen molar-refractivity contribution in [3.63, 3.8) is 0 Å². The summed E-state index contributed by atoms with van der Waals surface area (Å²) in [5.74, 6) is 0.735. The first-order valence-electron chi connectivity index (χ1n) is 6.41. The van der Waals surface area contributed by atoms with Gasteiger partial charge in [0.1, 0.15) is 5.75 Å². The molecular weight excluding hydrogens is 306 g/mol. The van der Waals surface area contributed by atoms with Gasteiger partial charge in [-0.3, -0.25) is 4.79 Å². The van der Waals surface area contributed by atoms with E-state index in [-0.39, 0.29) is 16.5 Å². The Morgan fingerprint density at radius 1 is 1.63 bits per heavy atom. The van der Waals surface area contributed by atoms with Crippen molar-refractivity contribution in [3.8, 4) is 5.75 Å². The van der Waals surface area contributed by atoms with Crippen molar-refractivity contribution >= 4 is 27.9 Å². The summed E-state index contributed by atoms with van der Waals surface area (Å²) < 4.78 is 0. The number of phenols is 1. The monoisotopic (exact) mass is 323 g/mol. The molecule has 0 aromatic heterocycles. The molecule has 19 heavy (non-hydrogen) atoms. The Morgan fingerprint density at radius 2 is 2.37 bits per heavy atom. The molecule has 1 aromatic rings. The van der Waals surface area contributed by atoms with E-state index in [4.69, 9.17) is 0 Å². The number of rotatable bonds is 3. The first-order valence-corrected chi connectivity index (χ1v) is 7.32. The van der Waals surface area contributed by atoms with E-state index in [9.17, 15) is 9.90 Å². The van der Waals surface area contributed by atoms with Crippen LogP contribution in [0.3, 0.4) is 0 Å². The van der Waals surface area contributed by atoms with Gasteiger partial charge in [-0.15, -0.1) is 0 Å².